The van der Waals surface area contributed by atoms with E-state index in [-0.39, 0.29) is 28.1 Å². The van der Waals surface area contributed by atoms with E-state index in [1.54, 1.807) is 6.07 Å². The SMILES string of the molecule is C=C(C)C(=O)Oc1ccc2c(oc3c(F)c(C(OC)C(C)(C)O)ccc32)c1F. The van der Waals surface area contributed by atoms with Gasteiger partial charge in [-0.15, -0.1) is 0 Å². The third kappa shape index (κ3) is 3.27. The molecule has 0 aliphatic heterocycles. The van der Waals surface area contributed by atoms with Gasteiger partial charge in [0.1, 0.15) is 6.10 Å². The molecule has 1 atom stereocenters. The molecule has 0 amide bonds. The second-order valence-corrected chi connectivity index (χ2v) is 7.14. The van der Waals surface area contributed by atoms with Gasteiger partial charge in [0, 0.05) is 29.0 Å². The third-order valence-corrected chi connectivity index (χ3v) is 4.39. The molecule has 0 spiro atoms. The quantitative estimate of drug-likeness (QED) is 0.385. The molecule has 7 heteroatoms. The molecule has 5 nitrogen and oxygen atoms in total. The zero-order chi connectivity index (χ0) is 20.8. The van der Waals surface area contributed by atoms with Crippen molar-refractivity contribution in [1.82, 2.24) is 0 Å². The molecule has 148 valence electrons. The molecule has 0 aliphatic carbocycles. The zero-order valence-corrected chi connectivity index (χ0v) is 15.9. The Hall–Kier alpha value is -2.77. The number of halogens is 2. The van der Waals surface area contributed by atoms with Crippen LogP contribution in [-0.2, 0) is 9.53 Å². The van der Waals surface area contributed by atoms with Crippen LogP contribution in [0.15, 0.2) is 40.8 Å². The van der Waals surface area contributed by atoms with Gasteiger partial charge in [-0.05, 0) is 39.0 Å². The number of hydrogen-bond acceptors (Lipinski definition) is 5. The van der Waals surface area contributed by atoms with Crippen LogP contribution >= 0.6 is 0 Å². The first-order valence-corrected chi connectivity index (χ1v) is 8.52. The first-order chi connectivity index (χ1) is 13.1. The number of fused-ring (bicyclic) bond motifs is 3. The van der Waals surface area contributed by atoms with Gasteiger partial charge in [-0.25, -0.2) is 9.18 Å². The summed E-state index contributed by atoms with van der Waals surface area (Å²) in [7, 11) is 1.35. The zero-order valence-electron chi connectivity index (χ0n) is 15.9. The topological polar surface area (TPSA) is 68.9 Å². The number of esters is 1. The summed E-state index contributed by atoms with van der Waals surface area (Å²) in [6, 6.07) is 5.78. The normalized spacial score (nSPS) is 13.1. The van der Waals surface area contributed by atoms with Gasteiger partial charge < -0.3 is 19.0 Å². The van der Waals surface area contributed by atoms with Gasteiger partial charge in [0.05, 0.1) is 5.60 Å². The minimum absolute atomic E-state index is 0.0795. The Morgan fingerprint density at radius 3 is 2.25 bits per heavy atom. The van der Waals surface area contributed by atoms with E-state index in [0.717, 1.165) is 0 Å². The highest BCUT2D eigenvalue weighted by molar-refractivity contribution is 6.06. The summed E-state index contributed by atoms with van der Waals surface area (Å²) in [5, 5.41) is 10.9. The van der Waals surface area contributed by atoms with Crippen molar-refractivity contribution in [3.05, 3.63) is 53.6 Å². The second-order valence-electron chi connectivity index (χ2n) is 7.14. The van der Waals surface area contributed by atoms with E-state index in [1.165, 1.54) is 46.1 Å². The Labute approximate surface area is 160 Å². The van der Waals surface area contributed by atoms with Gasteiger partial charge in [-0.2, -0.15) is 4.39 Å². The Bertz CT molecular complexity index is 1090. The molecule has 0 saturated heterocycles. The van der Waals surface area contributed by atoms with Crippen LogP contribution < -0.4 is 4.74 Å². The minimum Gasteiger partial charge on any atom is -0.450 e. The molecular formula is C21H20F2O5. The summed E-state index contributed by atoms with van der Waals surface area (Å²) in [5.41, 5.74) is -1.59. The average Bonchev–Trinajstić information content (AvgIpc) is 2.99. The highest BCUT2D eigenvalue weighted by atomic mass is 19.1. The van der Waals surface area contributed by atoms with E-state index in [2.05, 4.69) is 6.58 Å². The maximum Gasteiger partial charge on any atom is 0.338 e. The summed E-state index contributed by atoms with van der Waals surface area (Å²) >= 11 is 0. The number of ether oxygens (including phenoxy) is 2. The lowest BCUT2D eigenvalue weighted by Gasteiger charge is -2.28. The molecule has 3 rings (SSSR count). The summed E-state index contributed by atoms with van der Waals surface area (Å²) in [6.07, 6.45) is -0.956. The van der Waals surface area contributed by atoms with E-state index in [0.29, 0.717) is 10.8 Å². The Balaban J connectivity index is 2.19. The fourth-order valence-electron chi connectivity index (χ4n) is 3.10. The second kappa shape index (κ2) is 7.00. The van der Waals surface area contributed by atoms with Crippen LogP contribution in [0.4, 0.5) is 8.78 Å². The molecule has 1 heterocycles. The van der Waals surface area contributed by atoms with Crippen molar-refractivity contribution in [2.45, 2.75) is 32.5 Å². The highest BCUT2D eigenvalue weighted by Crippen LogP contribution is 2.39. The Morgan fingerprint density at radius 2 is 1.71 bits per heavy atom. The molecule has 28 heavy (non-hydrogen) atoms. The maximum absolute atomic E-state index is 15.1. The van der Waals surface area contributed by atoms with Gasteiger partial charge in [-0.1, -0.05) is 12.6 Å². The molecule has 1 unspecified atom stereocenters. The summed E-state index contributed by atoms with van der Waals surface area (Å²) in [5.74, 6) is -2.81. The molecule has 0 aliphatic rings. The molecule has 1 aromatic heterocycles. The predicted molar refractivity (Wildman–Crippen MR) is 100 cm³/mol. The predicted octanol–water partition coefficient (Wildman–Crippen LogP) is 4.80. The van der Waals surface area contributed by atoms with Gasteiger partial charge in [0.2, 0.25) is 5.82 Å². The number of benzene rings is 2. The number of carbonyl (C=O) groups is 1. The van der Waals surface area contributed by atoms with Crippen LogP contribution in [0.3, 0.4) is 0 Å². The first-order valence-electron chi connectivity index (χ1n) is 8.52. The van der Waals surface area contributed by atoms with Crippen LogP contribution in [0.1, 0.15) is 32.4 Å². The molecule has 2 aromatic carbocycles. The highest BCUT2D eigenvalue weighted by Gasteiger charge is 2.32. The summed E-state index contributed by atoms with van der Waals surface area (Å²) in [4.78, 5) is 11.7. The lowest BCUT2D eigenvalue weighted by molar-refractivity contribution is -0.130. The fourth-order valence-corrected chi connectivity index (χ4v) is 3.10. The number of carbonyl (C=O) groups excluding carboxylic acids is 1. The Kier molecular flexibility index (Phi) is 4.99. The number of rotatable bonds is 5. The molecule has 0 bridgehead atoms. The summed E-state index contributed by atoms with van der Waals surface area (Å²) in [6.45, 7) is 7.86. The van der Waals surface area contributed by atoms with Crippen LogP contribution in [0.2, 0.25) is 0 Å². The van der Waals surface area contributed by atoms with Gasteiger partial charge in [-0.3, -0.25) is 0 Å². The van der Waals surface area contributed by atoms with E-state index in [1.807, 2.05) is 0 Å². The monoisotopic (exact) mass is 390 g/mol. The van der Waals surface area contributed by atoms with E-state index in [4.69, 9.17) is 13.9 Å². The summed E-state index contributed by atoms with van der Waals surface area (Å²) < 4.78 is 45.5. The van der Waals surface area contributed by atoms with Crippen LogP contribution in [-0.4, -0.2) is 23.8 Å². The van der Waals surface area contributed by atoms with E-state index >= 15 is 4.39 Å². The maximum atomic E-state index is 15.1. The van der Waals surface area contributed by atoms with Crippen molar-refractivity contribution in [3.8, 4) is 5.75 Å². The van der Waals surface area contributed by atoms with Crippen molar-refractivity contribution in [1.29, 1.82) is 0 Å². The molecule has 0 saturated carbocycles. The number of aliphatic hydroxyl groups is 1. The number of methoxy groups -OCH3 is 1. The molecular weight excluding hydrogens is 370 g/mol. The Morgan fingerprint density at radius 1 is 1.14 bits per heavy atom. The average molecular weight is 390 g/mol. The van der Waals surface area contributed by atoms with Crippen LogP contribution in [0.5, 0.6) is 5.75 Å². The standard InChI is InChI=1S/C21H20F2O5/c1-10(2)20(24)27-14-9-8-12-11-6-7-13(19(26-5)21(3,4)25)15(22)17(11)28-18(12)16(14)23/h6-9,19,25H,1H2,2-5H3. The number of furan rings is 1. The van der Waals surface area contributed by atoms with Crippen molar-refractivity contribution < 1.29 is 32.6 Å². The van der Waals surface area contributed by atoms with Crippen molar-refractivity contribution in [3.63, 3.8) is 0 Å². The smallest absolute Gasteiger partial charge is 0.338 e. The van der Waals surface area contributed by atoms with Crippen LogP contribution in [0, 0.1) is 11.6 Å². The van der Waals surface area contributed by atoms with E-state index in [9.17, 15) is 14.3 Å². The van der Waals surface area contributed by atoms with E-state index < -0.39 is 29.3 Å². The number of hydrogen-bond donors (Lipinski definition) is 1. The molecule has 0 radical (unpaired) electrons. The van der Waals surface area contributed by atoms with Crippen molar-refractivity contribution in [2.75, 3.05) is 7.11 Å². The van der Waals surface area contributed by atoms with Crippen LogP contribution in [0.25, 0.3) is 21.9 Å². The largest absolute Gasteiger partial charge is 0.450 e. The van der Waals surface area contributed by atoms with Gasteiger partial charge in [0.15, 0.2) is 22.7 Å². The third-order valence-electron chi connectivity index (χ3n) is 4.39. The van der Waals surface area contributed by atoms with Crippen molar-refractivity contribution in [2.24, 2.45) is 0 Å². The van der Waals surface area contributed by atoms with Gasteiger partial charge >= 0.3 is 5.97 Å². The minimum atomic E-state index is -1.36. The first kappa shape index (κ1) is 20.0. The lowest BCUT2D eigenvalue weighted by Crippen LogP contribution is -2.30. The molecule has 0 fully saturated rings. The van der Waals surface area contributed by atoms with Gasteiger partial charge in [0.25, 0.3) is 0 Å². The lowest BCUT2D eigenvalue weighted by atomic mass is 9.93. The van der Waals surface area contributed by atoms with Crippen molar-refractivity contribution >= 4 is 27.9 Å². The fraction of sp³-hybridized carbons (Fsp3) is 0.286. The molecule has 3 aromatic rings. The molecule has 1 N–H and O–H groups in total.